The van der Waals surface area contributed by atoms with Gasteiger partial charge in [-0.3, -0.25) is 0 Å². The molecule has 4 N–H and O–H groups in total. The molecule has 2 aromatic carbocycles. The molecule has 0 aliphatic heterocycles. The van der Waals surface area contributed by atoms with E-state index in [2.05, 4.69) is 0 Å². The van der Waals surface area contributed by atoms with Crippen molar-refractivity contribution in [3.63, 3.8) is 0 Å². The van der Waals surface area contributed by atoms with E-state index in [0.29, 0.717) is 17.2 Å². The lowest BCUT2D eigenvalue weighted by Crippen LogP contribution is -2.04. The van der Waals surface area contributed by atoms with Gasteiger partial charge in [0.05, 0.1) is 0 Å². The first kappa shape index (κ1) is 14.1. The summed E-state index contributed by atoms with van der Waals surface area (Å²) in [4.78, 5) is 0. The van der Waals surface area contributed by atoms with Crippen LogP contribution in [0.5, 0.6) is 17.2 Å². The number of nitrogens with two attached hydrogens (primary N) is 2. The van der Waals surface area contributed by atoms with E-state index in [-0.39, 0.29) is 0 Å². The third-order valence-corrected chi connectivity index (χ3v) is 3.25. The molecular weight excluding hydrogens is 276 g/mol. The first-order valence-electron chi connectivity index (χ1n) is 7.16. The molecule has 0 fully saturated rings. The van der Waals surface area contributed by atoms with Crippen molar-refractivity contribution in [2.75, 3.05) is 5.73 Å². The van der Waals surface area contributed by atoms with E-state index in [1.165, 1.54) is 0 Å². The minimum Gasteiger partial charge on any atom is -0.462 e. The van der Waals surface area contributed by atoms with Crippen LogP contribution in [0.15, 0.2) is 72.1 Å². The first-order chi connectivity index (χ1) is 10.7. The van der Waals surface area contributed by atoms with Gasteiger partial charge in [0.25, 0.3) is 0 Å². The molecule has 0 heterocycles. The third kappa shape index (κ3) is 3.61. The average Bonchev–Trinajstić information content (AvgIpc) is 2.47. The molecule has 22 heavy (non-hydrogen) atoms. The van der Waals surface area contributed by atoms with Gasteiger partial charge in [-0.1, -0.05) is 18.2 Å². The van der Waals surface area contributed by atoms with Gasteiger partial charge in [-0.2, -0.15) is 0 Å². The van der Waals surface area contributed by atoms with E-state index in [0.717, 1.165) is 30.0 Å². The van der Waals surface area contributed by atoms with Crippen molar-refractivity contribution in [2.45, 2.75) is 12.8 Å². The molecule has 0 aromatic heterocycles. The number of hydrogen-bond donors (Lipinski definition) is 2. The van der Waals surface area contributed by atoms with Gasteiger partial charge in [-0.25, -0.2) is 0 Å². The van der Waals surface area contributed by atoms with Crippen LogP contribution >= 0.6 is 0 Å². The maximum Gasteiger partial charge on any atom is 0.131 e. The Kier molecular flexibility index (Phi) is 4.01. The summed E-state index contributed by atoms with van der Waals surface area (Å²) in [6, 6.07) is 14.8. The molecule has 3 rings (SSSR count). The molecule has 0 radical (unpaired) electrons. The van der Waals surface area contributed by atoms with Crippen molar-refractivity contribution in [3.8, 4) is 17.2 Å². The summed E-state index contributed by atoms with van der Waals surface area (Å²) >= 11 is 0. The highest BCUT2D eigenvalue weighted by Gasteiger charge is 2.07. The lowest BCUT2D eigenvalue weighted by Gasteiger charge is -2.14. The Balaban J connectivity index is 1.74. The van der Waals surface area contributed by atoms with Crippen molar-refractivity contribution >= 4 is 5.69 Å². The molecule has 0 atom stereocenters. The maximum atomic E-state index is 5.86. The van der Waals surface area contributed by atoms with Crippen LogP contribution in [0, 0.1) is 0 Å². The van der Waals surface area contributed by atoms with E-state index in [9.17, 15) is 0 Å². The Bertz CT molecular complexity index is 735. The predicted molar refractivity (Wildman–Crippen MR) is 87.6 cm³/mol. The highest BCUT2D eigenvalue weighted by atomic mass is 16.5. The van der Waals surface area contributed by atoms with Gasteiger partial charge < -0.3 is 20.9 Å². The number of hydrogen-bond acceptors (Lipinski definition) is 4. The summed E-state index contributed by atoms with van der Waals surface area (Å²) in [5.74, 6) is 2.98. The van der Waals surface area contributed by atoms with E-state index >= 15 is 0 Å². The number of benzene rings is 2. The molecule has 112 valence electrons. The van der Waals surface area contributed by atoms with Crippen LogP contribution < -0.4 is 20.9 Å². The lowest BCUT2D eigenvalue weighted by atomic mass is 10.1. The Labute approximate surface area is 129 Å². The fourth-order valence-electron chi connectivity index (χ4n) is 2.25. The van der Waals surface area contributed by atoms with Crippen LogP contribution in [0.2, 0.25) is 0 Å². The fraction of sp³-hybridized carbons (Fsp3) is 0.111. The van der Waals surface area contributed by atoms with Crippen LogP contribution in [0.1, 0.15) is 12.8 Å². The van der Waals surface area contributed by atoms with Gasteiger partial charge in [-0.15, -0.1) is 0 Å². The SMILES string of the molecule is NC1=CCCC(Oc2cccc(Oc3cccc(N)c3)c2)=C1. The van der Waals surface area contributed by atoms with Gasteiger partial charge in [0.15, 0.2) is 0 Å². The number of ether oxygens (including phenoxy) is 2. The molecule has 0 saturated carbocycles. The molecular formula is C18H18N2O2. The minimum absolute atomic E-state index is 0.666. The highest BCUT2D eigenvalue weighted by molar-refractivity contribution is 5.46. The molecule has 0 amide bonds. The van der Waals surface area contributed by atoms with E-state index in [1.54, 1.807) is 6.07 Å². The van der Waals surface area contributed by atoms with E-state index < -0.39 is 0 Å². The maximum absolute atomic E-state index is 5.86. The van der Waals surface area contributed by atoms with Crippen LogP contribution in [0.25, 0.3) is 0 Å². The van der Waals surface area contributed by atoms with E-state index in [1.807, 2.05) is 54.6 Å². The van der Waals surface area contributed by atoms with Gasteiger partial charge in [0.2, 0.25) is 0 Å². The number of rotatable bonds is 4. The quantitative estimate of drug-likeness (QED) is 0.837. The van der Waals surface area contributed by atoms with Crippen LogP contribution in [-0.2, 0) is 0 Å². The highest BCUT2D eigenvalue weighted by Crippen LogP contribution is 2.28. The monoisotopic (exact) mass is 294 g/mol. The first-order valence-corrected chi connectivity index (χ1v) is 7.16. The minimum atomic E-state index is 0.666. The number of anilines is 1. The van der Waals surface area contributed by atoms with Gasteiger partial charge >= 0.3 is 0 Å². The van der Waals surface area contributed by atoms with Crippen LogP contribution in [0.4, 0.5) is 5.69 Å². The number of allylic oxidation sites excluding steroid dienone is 3. The average molecular weight is 294 g/mol. The Morgan fingerprint density at radius 3 is 2.23 bits per heavy atom. The summed E-state index contributed by atoms with van der Waals surface area (Å²) in [6.45, 7) is 0. The van der Waals surface area contributed by atoms with Gasteiger partial charge in [0, 0.05) is 29.9 Å². The molecule has 0 bridgehead atoms. The van der Waals surface area contributed by atoms with E-state index in [4.69, 9.17) is 20.9 Å². The lowest BCUT2D eigenvalue weighted by molar-refractivity contribution is 0.397. The Morgan fingerprint density at radius 2 is 1.50 bits per heavy atom. The molecule has 0 spiro atoms. The summed E-state index contributed by atoms with van der Waals surface area (Å²) in [5.41, 5.74) is 13.0. The Hall–Kier alpha value is -2.88. The standard InChI is InChI=1S/C18H18N2O2/c19-13-4-1-6-15(10-13)21-17-8-3-9-18(12-17)22-16-7-2-5-14(20)11-16/h1,3-6,8-12H,2,7,19-20H2. The smallest absolute Gasteiger partial charge is 0.131 e. The van der Waals surface area contributed by atoms with Crippen LogP contribution in [-0.4, -0.2) is 0 Å². The summed E-state index contributed by atoms with van der Waals surface area (Å²) in [6.07, 6.45) is 5.60. The molecule has 0 unspecified atom stereocenters. The van der Waals surface area contributed by atoms with Crippen molar-refractivity contribution in [1.29, 1.82) is 0 Å². The van der Waals surface area contributed by atoms with Crippen molar-refractivity contribution in [1.82, 2.24) is 0 Å². The van der Waals surface area contributed by atoms with Crippen LogP contribution in [0.3, 0.4) is 0 Å². The largest absolute Gasteiger partial charge is 0.462 e. The summed E-state index contributed by atoms with van der Waals surface area (Å²) in [5, 5.41) is 0. The van der Waals surface area contributed by atoms with Crippen molar-refractivity contribution in [3.05, 3.63) is 72.1 Å². The second-order valence-electron chi connectivity index (χ2n) is 5.10. The topological polar surface area (TPSA) is 70.5 Å². The second-order valence-corrected chi connectivity index (χ2v) is 5.10. The molecule has 1 aliphatic rings. The van der Waals surface area contributed by atoms with Crippen molar-refractivity contribution < 1.29 is 9.47 Å². The number of nitrogen functional groups attached to an aromatic ring is 1. The molecule has 4 nitrogen and oxygen atoms in total. The van der Waals surface area contributed by atoms with Gasteiger partial charge in [-0.05, 0) is 36.8 Å². The molecule has 1 aliphatic carbocycles. The summed E-state index contributed by atoms with van der Waals surface area (Å²) < 4.78 is 11.7. The zero-order chi connectivity index (χ0) is 15.4. The predicted octanol–water partition coefficient (Wildman–Crippen LogP) is 3.96. The van der Waals surface area contributed by atoms with Crippen molar-refractivity contribution in [2.24, 2.45) is 5.73 Å². The molecule has 2 aromatic rings. The third-order valence-electron chi connectivity index (χ3n) is 3.25. The fourth-order valence-corrected chi connectivity index (χ4v) is 2.25. The van der Waals surface area contributed by atoms with Gasteiger partial charge in [0.1, 0.15) is 23.0 Å². The normalized spacial score (nSPS) is 14.0. The Morgan fingerprint density at radius 1 is 0.818 bits per heavy atom. The second kappa shape index (κ2) is 6.26. The molecule has 0 saturated heterocycles. The molecule has 4 heteroatoms. The summed E-state index contributed by atoms with van der Waals surface area (Å²) in [7, 11) is 0. The zero-order valence-electron chi connectivity index (χ0n) is 12.2. The zero-order valence-corrected chi connectivity index (χ0v) is 12.2.